The minimum atomic E-state index is -9.29. The predicted molar refractivity (Wildman–Crippen MR) is 78.2 cm³/mol. The Morgan fingerprint density at radius 2 is 0.537 bits per heavy atom. The van der Waals surface area contributed by atoms with Gasteiger partial charge in [0.25, 0.3) is 0 Å². The topological polar surface area (TPSA) is 9.23 Å². The Kier molecular flexibility index (Phi) is 10.1. The molecule has 41 heavy (non-hydrogen) atoms. The van der Waals surface area contributed by atoms with Gasteiger partial charge >= 0.3 is 53.7 Å². The number of alkyl halides is 19. The van der Waals surface area contributed by atoms with Gasteiger partial charge in [-0.15, -0.1) is 0 Å². The van der Waals surface area contributed by atoms with Crippen molar-refractivity contribution in [3.05, 3.63) is 29.1 Å². The molecule has 235 valence electrons. The molecule has 0 atom stereocenters. The molecule has 0 aliphatic rings. The van der Waals surface area contributed by atoms with Crippen LogP contribution in [0.3, 0.4) is 0 Å². The van der Waals surface area contributed by atoms with Gasteiger partial charge in [0.05, 0.1) is 0 Å². The number of rotatable bonds is 9. The molecule has 0 aliphatic carbocycles. The van der Waals surface area contributed by atoms with Gasteiger partial charge in [-0.25, -0.2) is 13.2 Å². The zero-order valence-electron chi connectivity index (χ0n) is 18.0. The second kappa shape index (κ2) is 10.5. The Morgan fingerprint density at radius 1 is 0.317 bits per heavy atom. The minimum Gasteiger partial charge on any atom is -0.421 e. The van der Waals surface area contributed by atoms with Gasteiger partial charge in [0.15, 0.2) is 0 Å². The smallest absolute Gasteiger partial charge is 0.421 e. The van der Waals surface area contributed by atoms with E-state index in [1.807, 2.05) is 4.74 Å². The molecule has 0 aliphatic heterocycles. The van der Waals surface area contributed by atoms with E-state index in [1.165, 1.54) is 0 Å². The average Bonchev–Trinajstić information content (AvgIpc) is 2.77. The Balaban J connectivity index is 0.0000160. The van der Waals surface area contributed by atoms with Gasteiger partial charge in [-0.05, 0) is 0 Å². The maximum Gasteiger partial charge on any atom is 0.471 e. The SMILES string of the molecule is Fc1c(F)c(F)c(OC(F)(F)C(F)(F)C(F)(F)C(F)(F)C(F)(F)C(F)(F)C(F)(F)C(F)(F)C(F)(F)F)c(F)c1F.[Na]. The van der Waals surface area contributed by atoms with Crippen LogP contribution >= 0.6 is 0 Å². The molecule has 1 rings (SSSR count). The molecular weight excluding hydrogens is 675 g/mol. The number of hydrogen-bond acceptors (Lipinski definition) is 1. The third-order valence-corrected chi connectivity index (χ3v) is 4.49. The van der Waals surface area contributed by atoms with Crippen LogP contribution in [0, 0.1) is 29.1 Å². The van der Waals surface area contributed by atoms with E-state index in [9.17, 15) is 105 Å². The quantitative estimate of drug-likeness (QED) is 0.112. The molecule has 0 amide bonds. The van der Waals surface area contributed by atoms with Crippen LogP contribution in [0.4, 0.5) is 105 Å². The first-order valence-corrected chi connectivity index (χ1v) is 8.44. The molecule has 0 saturated carbocycles. The van der Waals surface area contributed by atoms with Gasteiger partial charge in [0, 0.05) is 29.6 Å². The summed E-state index contributed by atoms with van der Waals surface area (Å²) < 4.78 is 317. The Morgan fingerprint density at radius 3 is 0.805 bits per heavy atom. The summed E-state index contributed by atoms with van der Waals surface area (Å²) in [6.07, 6.45) is -16.1. The van der Waals surface area contributed by atoms with Crippen molar-refractivity contribution in [2.45, 2.75) is 53.7 Å². The molecule has 1 aromatic rings. The molecule has 1 aromatic carbocycles. The van der Waals surface area contributed by atoms with Crippen LogP contribution in [0.5, 0.6) is 5.75 Å². The van der Waals surface area contributed by atoms with Gasteiger partial charge in [-0.3, -0.25) is 0 Å². The van der Waals surface area contributed by atoms with Crippen molar-refractivity contribution in [1.29, 1.82) is 0 Å². The summed E-state index contributed by atoms with van der Waals surface area (Å²) in [5.41, 5.74) is 0. The maximum atomic E-state index is 13.6. The van der Waals surface area contributed by atoms with Crippen molar-refractivity contribution >= 4 is 29.6 Å². The summed E-state index contributed by atoms with van der Waals surface area (Å²) in [6, 6.07) is 0. The predicted octanol–water partition coefficient (Wildman–Crippen LogP) is 7.98. The van der Waals surface area contributed by atoms with E-state index in [0.717, 1.165) is 0 Å². The van der Waals surface area contributed by atoms with Crippen LogP contribution in [0.2, 0.25) is 0 Å². The normalized spacial score (nSPS) is 15.1. The number of ether oxygens (including phenoxy) is 1. The molecular formula is C15F24NaO. The van der Waals surface area contributed by atoms with Crippen molar-refractivity contribution in [2.24, 2.45) is 0 Å². The summed E-state index contributed by atoms with van der Waals surface area (Å²) in [5.74, 6) is -84.4. The Bertz CT molecular complexity index is 1110. The summed E-state index contributed by atoms with van der Waals surface area (Å²) in [7, 11) is 0. The monoisotopic (exact) mass is 675 g/mol. The van der Waals surface area contributed by atoms with E-state index in [1.54, 1.807) is 0 Å². The third kappa shape index (κ3) is 5.13. The Hall–Kier alpha value is -1.66. The molecule has 1 radical (unpaired) electrons. The molecule has 0 N–H and O–H groups in total. The number of halogens is 24. The van der Waals surface area contributed by atoms with Gasteiger partial charge in [-0.1, -0.05) is 0 Å². The summed E-state index contributed by atoms with van der Waals surface area (Å²) in [4.78, 5) is 0. The average molecular weight is 675 g/mol. The second-order valence-electron chi connectivity index (χ2n) is 7.04. The van der Waals surface area contributed by atoms with Crippen LogP contribution in [0.25, 0.3) is 0 Å². The fourth-order valence-electron chi connectivity index (χ4n) is 2.21. The van der Waals surface area contributed by atoms with Gasteiger partial charge < -0.3 is 4.74 Å². The standard InChI is InChI=1S/C15F24O.Na/c16-1-2(17)4(19)6(5(20)3(1)18)40-15(38,39)13(33,34)11(29,30)9(25,26)7(21,22)8(23,24)10(27,28)12(31,32)14(35,36)37;. The summed E-state index contributed by atoms with van der Waals surface area (Å²) in [5, 5.41) is 0. The fraction of sp³-hybridized carbons (Fsp3) is 0.600. The molecule has 0 unspecified atom stereocenters. The van der Waals surface area contributed by atoms with E-state index in [2.05, 4.69) is 0 Å². The van der Waals surface area contributed by atoms with E-state index >= 15 is 0 Å². The Labute approximate surface area is 228 Å². The largest absolute Gasteiger partial charge is 0.471 e. The first-order chi connectivity index (χ1) is 17.1. The molecule has 0 saturated heterocycles. The van der Waals surface area contributed by atoms with Gasteiger partial charge in [-0.2, -0.15) is 92.2 Å². The molecule has 0 heterocycles. The molecule has 1 nitrogen and oxygen atoms in total. The van der Waals surface area contributed by atoms with Crippen LogP contribution in [0.1, 0.15) is 0 Å². The molecule has 0 bridgehead atoms. The number of benzene rings is 1. The maximum absolute atomic E-state index is 13.6. The van der Waals surface area contributed by atoms with Crippen LogP contribution in [0.15, 0.2) is 0 Å². The first kappa shape index (κ1) is 39.3. The second-order valence-corrected chi connectivity index (χ2v) is 7.04. The van der Waals surface area contributed by atoms with Gasteiger partial charge in [0.1, 0.15) is 0 Å². The zero-order chi connectivity index (χ0) is 32.7. The summed E-state index contributed by atoms with van der Waals surface area (Å²) >= 11 is 0. The first-order valence-electron chi connectivity index (χ1n) is 8.44. The van der Waals surface area contributed by atoms with Crippen molar-refractivity contribution in [1.82, 2.24) is 0 Å². The van der Waals surface area contributed by atoms with Crippen molar-refractivity contribution in [2.75, 3.05) is 0 Å². The van der Waals surface area contributed by atoms with E-state index in [4.69, 9.17) is 0 Å². The summed E-state index contributed by atoms with van der Waals surface area (Å²) in [6.45, 7) is 0. The van der Waals surface area contributed by atoms with E-state index < -0.39 is 88.6 Å². The van der Waals surface area contributed by atoms with Crippen LogP contribution in [-0.4, -0.2) is 83.3 Å². The van der Waals surface area contributed by atoms with Crippen LogP contribution < -0.4 is 4.74 Å². The third-order valence-electron chi connectivity index (χ3n) is 4.49. The molecule has 0 aromatic heterocycles. The molecule has 0 spiro atoms. The van der Waals surface area contributed by atoms with E-state index in [-0.39, 0.29) is 29.6 Å². The number of hydrogen-bond donors (Lipinski definition) is 0. The molecule has 26 heteroatoms. The minimum absolute atomic E-state index is 0. The fourth-order valence-corrected chi connectivity index (χ4v) is 2.21. The molecule has 0 fully saturated rings. The van der Waals surface area contributed by atoms with Crippen molar-refractivity contribution in [3.8, 4) is 5.75 Å². The van der Waals surface area contributed by atoms with Crippen molar-refractivity contribution < 1.29 is 110 Å². The van der Waals surface area contributed by atoms with Crippen molar-refractivity contribution in [3.63, 3.8) is 0 Å². The van der Waals surface area contributed by atoms with Gasteiger partial charge in [0.2, 0.25) is 34.8 Å². The van der Waals surface area contributed by atoms with Crippen LogP contribution in [-0.2, 0) is 0 Å². The van der Waals surface area contributed by atoms with E-state index in [0.29, 0.717) is 0 Å². The zero-order valence-corrected chi connectivity index (χ0v) is 20.0.